The van der Waals surface area contributed by atoms with Crippen LogP contribution in [0.2, 0.25) is 0 Å². The van der Waals surface area contributed by atoms with Crippen LogP contribution in [0.5, 0.6) is 0 Å². The molecule has 0 amide bonds. The number of aryl methyl sites for hydroxylation is 1. The number of aromatic nitrogens is 4. The first-order chi connectivity index (χ1) is 10.1. The fourth-order valence-corrected chi connectivity index (χ4v) is 3.47. The first kappa shape index (κ1) is 13.1. The Balaban J connectivity index is 1.53. The number of hydrogen-bond donors (Lipinski definition) is 0. The van der Waals surface area contributed by atoms with Gasteiger partial charge in [-0.2, -0.15) is 9.36 Å². The number of rotatable bonds is 3. The molecule has 6 nitrogen and oxygen atoms in total. The van der Waals surface area contributed by atoms with Crippen molar-refractivity contribution in [2.45, 2.75) is 44.2 Å². The topological polar surface area (TPSA) is 67.9 Å². The molecule has 4 rings (SSSR count). The molecule has 0 radical (unpaired) electrons. The molecule has 2 aliphatic rings. The summed E-state index contributed by atoms with van der Waals surface area (Å²) in [6.07, 6.45) is 3.69. The lowest BCUT2D eigenvalue weighted by molar-refractivity contribution is 0.135. The summed E-state index contributed by atoms with van der Waals surface area (Å²) in [5, 5.41) is 4.72. The molecule has 1 saturated heterocycles. The van der Waals surface area contributed by atoms with Gasteiger partial charge in [-0.1, -0.05) is 11.6 Å². The van der Waals surface area contributed by atoms with Crippen molar-refractivity contribution in [3.05, 3.63) is 17.5 Å². The SMILES string of the molecule is Cc1nsc(N2CCC(F)(c3nc(C4CCC4)no3)C2)n1. The molecule has 21 heavy (non-hydrogen) atoms. The van der Waals surface area contributed by atoms with Crippen molar-refractivity contribution >= 4 is 16.7 Å². The van der Waals surface area contributed by atoms with Gasteiger partial charge >= 0.3 is 0 Å². The van der Waals surface area contributed by atoms with Crippen LogP contribution >= 0.6 is 11.5 Å². The van der Waals surface area contributed by atoms with E-state index in [0.717, 1.165) is 23.8 Å². The van der Waals surface area contributed by atoms with Gasteiger partial charge in [-0.15, -0.1) is 0 Å². The minimum atomic E-state index is -1.57. The van der Waals surface area contributed by atoms with Crippen LogP contribution in [0.4, 0.5) is 9.52 Å². The van der Waals surface area contributed by atoms with Crippen LogP contribution < -0.4 is 4.90 Å². The maximum atomic E-state index is 15.1. The van der Waals surface area contributed by atoms with E-state index < -0.39 is 5.67 Å². The summed E-state index contributed by atoms with van der Waals surface area (Å²) in [6.45, 7) is 2.63. The second kappa shape index (κ2) is 4.72. The van der Waals surface area contributed by atoms with Crippen molar-refractivity contribution in [1.82, 2.24) is 19.5 Å². The first-order valence-corrected chi connectivity index (χ1v) is 8.00. The van der Waals surface area contributed by atoms with Gasteiger partial charge in [0.15, 0.2) is 5.82 Å². The van der Waals surface area contributed by atoms with Crippen molar-refractivity contribution in [1.29, 1.82) is 0 Å². The van der Waals surface area contributed by atoms with Gasteiger partial charge < -0.3 is 9.42 Å². The maximum absolute atomic E-state index is 15.1. The molecule has 1 aliphatic heterocycles. The van der Waals surface area contributed by atoms with Gasteiger partial charge in [-0.3, -0.25) is 0 Å². The smallest absolute Gasteiger partial charge is 0.266 e. The molecule has 1 atom stereocenters. The average molecular weight is 309 g/mol. The van der Waals surface area contributed by atoms with Crippen LogP contribution in [0, 0.1) is 6.92 Å². The zero-order valence-corrected chi connectivity index (χ0v) is 12.6. The lowest BCUT2D eigenvalue weighted by Gasteiger charge is -2.21. The van der Waals surface area contributed by atoms with E-state index in [9.17, 15) is 0 Å². The summed E-state index contributed by atoms with van der Waals surface area (Å²) in [6, 6.07) is 0. The third-order valence-electron chi connectivity index (χ3n) is 4.30. The van der Waals surface area contributed by atoms with E-state index in [2.05, 4.69) is 19.5 Å². The van der Waals surface area contributed by atoms with Crippen molar-refractivity contribution in [3.63, 3.8) is 0 Å². The highest BCUT2D eigenvalue weighted by atomic mass is 32.1. The molecule has 1 saturated carbocycles. The highest BCUT2D eigenvalue weighted by Gasteiger charge is 2.46. The molecular formula is C13H16FN5OS. The molecule has 0 bridgehead atoms. The van der Waals surface area contributed by atoms with Gasteiger partial charge in [0.2, 0.25) is 10.8 Å². The van der Waals surface area contributed by atoms with Gasteiger partial charge in [0.05, 0.1) is 6.54 Å². The number of halogens is 1. The van der Waals surface area contributed by atoms with Crippen LogP contribution in [-0.4, -0.2) is 32.6 Å². The standard InChI is InChI=1S/C13H16FN5OS/c1-8-15-12(21-18-8)19-6-5-13(14,7-19)11-16-10(17-20-11)9-3-2-4-9/h9H,2-7H2,1H3. The summed E-state index contributed by atoms with van der Waals surface area (Å²) in [4.78, 5) is 10.5. The molecule has 0 spiro atoms. The Bertz CT molecular complexity index is 655. The zero-order valence-electron chi connectivity index (χ0n) is 11.8. The molecule has 112 valence electrons. The Morgan fingerprint density at radius 2 is 2.24 bits per heavy atom. The van der Waals surface area contributed by atoms with E-state index in [-0.39, 0.29) is 12.4 Å². The number of anilines is 1. The third kappa shape index (κ3) is 2.21. The average Bonchev–Trinajstić information content (AvgIpc) is 3.07. The quantitative estimate of drug-likeness (QED) is 0.868. The fourth-order valence-electron chi connectivity index (χ4n) is 2.77. The van der Waals surface area contributed by atoms with Crippen molar-refractivity contribution in [3.8, 4) is 0 Å². The molecule has 8 heteroatoms. The normalized spacial score (nSPS) is 26.3. The Morgan fingerprint density at radius 1 is 1.38 bits per heavy atom. The molecule has 1 aliphatic carbocycles. The first-order valence-electron chi connectivity index (χ1n) is 7.22. The van der Waals surface area contributed by atoms with Crippen molar-refractivity contribution in [2.75, 3.05) is 18.0 Å². The zero-order chi connectivity index (χ0) is 14.4. The predicted octanol–water partition coefficient (Wildman–Crippen LogP) is 2.57. The van der Waals surface area contributed by atoms with Crippen LogP contribution in [0.3, 0.4) is 0 Å². The van der Waals surface area contributed by atoms with Crippen molar-refractivity contribution < 1.29 is 8.91 Å². The summed E-state index contributed by atoms with van der Waals surface area (Å²) in [5.74, 6) is 1.86. The molecule has 3 heterocycles. The van der Waals surface area contributed by atoms with Crippen molar-refractivity contribution in [2.24, 2.45) is 0 Å². The summed E-state index contributed by atoms with van der Waals surface area (Å²) in [5.41, 5.74) is -1.57. The van der Waals surface area contributed by atoms with Gasteiger partial charge in [-0.25, -0.2) is 9.37 Å². The third-order valence-corrected chi connectivity index (χ3v) is 5.17. The van der Waals surface area contributed by atoms with E-state index in [1.54, 1.807) is 0 Å². The number of hydrogen-bond acceptors (Lipinski definition) is 7. The van der Waals surface area contributed by atoms with Gasteiger partial charge in [0.1, 0.15) is 5.82 Å². The molecule has 0 N–H and O–H groups in total. The Hall–Kier alpha value is -1.57. The van der Waals surface area contributed by atoms with Gasteiger partial charge in [0, 0.05) is 30.4 Å². The molecule has 2 aromatic rings. The highest BCUT2D eigenvalue weighted by Crippen LogP contribution is 2.40. The Kier molecular flexibility index (Phi) is 2.95. The molecule has 2 aromatic heterocycles. The van der Waals surface area contributed by atoms with Crippen LogP contribution in [0.25, 0.3) is 0 Å². The highest BCUT2D eigenvalue weighted by molar-refractivity contribution is 7.09. The van der Waals surface area contributed by atoms with Gasteiger partial charge in [0.25, 0.3) is 5.89 Å². The Labute approximate surface area is 125 Å². The lowest BCUT2D eigenvalue weighted by Crippen LogP contribution is -2.27. The lowest BCUT2D eigenvalue weighted by atomic mass is 9.85. The number of nitrogens with zero attached hydrogens (tertiary/aromatic N) is 5. The number of alkyl halides is 1. The van der Waals surface area contributed by atoms with E-state index >= 15 is 4.39 Å². The summed E-state index contributed by atoms with van der Waals surface area (Å²) in [7, 11) is 0. The maximum Gasteiger partial charge on any atom is 0.266 e. The fraction of sp³-hybridized carbons (Fsp3) is 0.692. The molecular weight excluding hydrogens is 293 g/mol. The molecule has 1 unspecified atom stereocenters. The van der Waals surface area contributed by atoms with Crippen LogP contribution in [0.15, 0.2) is 4.52 Å². The molecule has 2 fully saturated rings. The minimum absolute atomic E-state index is 0.119. The Morgan fingerprint density at radius 3 is 2.90 bits per heavy atom. The van der Waals surface area contributed by atoms with E-state index in [1.807, 2.05) is 11.8 Å². The second-order valence-electron chi connectivity index (χ2n) is 5.85. The van der Waals surface area contributed by atoms with E-state index in [1.165, 1.54) is 18.0 Å². The summed E-state index contributed by atoms with van der Waals surface area (Å²) >= 11 is 1.30. The molecule has 0 aromatic carbocycles. The second-order valence-corrected chi connectivity index (χ2v) is 6.58. The van der Waals surface area contributed by atoms with Crippen LogP contribution in [-0.2, 0) is 5.67 Å². The van der Waals surface area contributed by atoms with E-state index in [4.69, 9.17) is 4.52 Å². The minimum Gasteiger partial charge on any atom is -0.343 e. The summed E-state index contributed by atoms with van der Waals surface area (Å²) < 4.78 is 24.4. The van der Waals surface area contributed by atoms with E-state index in [0.29, 0.717) is 24.7 Å². The van der Waals surface area contributed by atoms with Crippen LogP contribution in [0.1, 0.15) is 49.1 Å². The van der Waals surface area contributed by atoms with Gasteiger partial charge in [-0.05, 0) is 19.8 Å². The largest absolute Gasteiger partial charge is 0.343 e. The predicted molar refractivity (Wildman–Crippen MR) is 75.2 cm³/mol. The monoisotopic (exact) mass is 309 g/mol.